The van der Waals surface area contributed by atoms with Crippen LogP contribution in [-0.4, -0.2) is 27.6 Å². The van der Waals surface area contributed by atoms with Crippen LogP contribution in [-0.2, 0) is 19.5 Å². The Morgan fingerprint density at radius 1 is 0.727 bits per heavy atom. The maximum absolute atomic E-state index is 10.7. The minimum atomic E-state index is -1.18. The number of para-hydroxylation sites is 2. The maximum atomic E-state index is 10.7. The fourth-order valence-electron chi connectivity index (χ4n) is 1.29. The van der Waals surface area contributed by atoms with Crippen LogP contribution < -0.4 is 10.2 Å². The first-order chi connectivity index (χ1) is 9.43. The fraction of sp³-hybridized carbons (Fsp3) is 0. The third kappa shape index (κ3) is 6.34. The molecule has 8 heteroatoms. The first kappa shape index (κ1) is 21.9. The van der Waals surface area contributed by atoms with E-state index < -0.39 is 23.4 Å². The summed E-state index contributed by atoms with van der Waals surface area (Å²) in [5.74, 6) is -3.25. The predicted octanol–water partition coefficient (Wildman–Crippen LogP) is 0.0896. The Kier molecular flexibility index (Phi) is 10.2. The quantitative estimate of drug-likeness (QED) is 0.726. The van der Waals surface area contributed by atoms with Gasteiger partial charge >= 0.3 is 31.4 Å². The standard InChI is InChI=1S/2C7H6O3.H2O.Zn/c2*8-6-4-2-1-3-5(6)7(9)10;;/h2*1-4,8H,(H,9,10);1H2;/q;;;+2/p-2. The van der Waals surface area contributed by atoms with Crippen molar-refractivity contribution in [1.82, 2.24) is 0 Å². The van der Waals surface area contributed by atoms with Gasteiger partial charge < -0.3 is 25.9 Å². The summed E-state index contributed by atoms with van der Waals surface area (Å²) in [5.41, 5.74) is -0.356. The molecule has 4 N–H and O–H groups in total. The number of benzene rings is 2. The summed E-state index contributed by atoms with van der Waals surface area (Å²) in [4.78, 5) is 20.4. The van der Waals surface area contributed by atoms with E-state index >= 15 is 0 Å². The topological polar surface area (TPSA) is 152 Å². The third-order valence-corrected chi connectivity index (χ3v) is 2.23. The summed E-state index contributed by atoms with van der Waals surface area (Å²) in [5, 5.41) is 38.1. The Morgan fingerprint density at radius 3 is 1.18 bits per heavy atom. The summed E-state index contributed by atoms with van der Waals surface area (Å²) < 4.78 is 0. The van der Waals surface area contributed by atoms with Crippen LogP contribution in [0.1, 0.15) is 20.7 Å². The smallest absolute Gasteiger partial charge is 0.872 e. The number of carbonyl (C=O) groups is 2. The molecule has 7 nitrogen and oxygen atoms in total. The Morgan fingerprint density at radius 2 is 1.00 bits per heavy atom. The molecule has 0 spiro atoms. The molecule has 0 aromatic heterocycles. The molecule has 0 radical (unpaired) electrons. The number of rotatable bonds is 2. The minimum Gasteiger partial charge on any atom is -0.872 e. The van der Waals surface area contributed by atoms with Crippen LogP contribution in [0.5, 0.6) is 11.5 Å². The largest absolute Gasteiger partial charge is 2.00 e. The molecular weight excluding hydrogens is 346 g/mol. The van der Waals surface area contributed by atoms with E-state index in [2.05, 4.69) is 0 Å². The molecule has 2 rings (SSSR count). The van der Waals surface area contributed by atoms with Crippen molar-refractivity contribution in [2.75, 3.05) is 0 Å². The molecule has 0 saturated carbocycles. The average molecular weight is 358 g/mol. The van der Waals surface area contributed by atoms with Crippen LogP contribution in [0, 0.1) is 0 Å². The van der Waals surface area contributed by atoms with Gasteiger partial charge in [0.2, 0.25) is 0 Å². The zero-order valence-corrected chi connectivity index (χ0v) is 14.3. The Balaban J connectivity index is 0. The van der Waals surface area contributed by atoms with Gasteiger partial charge in [-0.2, -0.15) is 0 Å². The summed E-state index contributed by atoms with van der Waals surface area (Å²) in [6.07, 6.45) is 0. The predicted molar refractivity (Wildman–Crippen MR) is 69.3 cm³/mol. The van der Waals surface area contributed by atoms with Crippen molar-refractivity contribution in [2.45, 2.75) is 0 Å². The van der Waals surface area contributed by atoms with E-state index in [0.29, 0.717) is 0 Å². The molecule has 0 fully saturated rings. The second kappa shape index (κ2) is 10.3. The summed E-state index contributed by atoms with van der Waals surface area (Å²) in [6.45, 7) is 0. The monoisotopic (exact) mass is 356 g/mol. The van der Waals surface area contributed by atoms with E-state index in [-0.39, 0.29) is 36.1 Å². The molecule has 0 atom stereocenters. The Labute approximate surface area is 138 Å². The van der Waals surface area contributed by atoms with E-state index in [9.17, 15) is 19.8 Å². The molecule has 0 aliphatic carbocycles. The maximum Gasteiger partial charge on any atom is 2.00 e. The number of carboxylic acids is 2. The van der Waals surface area contributed by atoms with Gasteiger partial charge in [0.05, 0.1) is 11.1 Å². The molecule has 0 amide bonds. The molecule has 2 aromatic carbocycles. The minimum absolute atomic E-state index is 0. The fourth-order valence-corrected chi connectivity index (χ4v) is 1.29. The Bertz CT molecular complexity index is 573. The Hall–Kier alpha value is -2.44. The van der Waals surface area contributed by atoms with Crippen LogP contribution in [0.15, 0.2) is 48.5 Å². The molecule has 0 aliphatic rings. The molecule has 0 saturated heterocycles. The van der Waals surface area contributed by atoms with Gasteiger partial charge in [-0.15, -0.1) is 0 Å². The van der Waals surface area contributed by atoms with Crippen molar-refractivity contribution in [3.05, 3.63) is 59.7 Å². The number of aromatic carboxylic acids is 2. The van der Waals surface area contributed by atoms with Gasteiger partial charge in [-0.25, -0.2) is 9.59 Å². The van der Waals surface area contributed by atoms with Gasteiger partial charge in [-0.1, -0.05) is 47.9 Å². The van der Waals surface area contributed by atoms with Crippen LogP contribution in [0.2, 0.25) is 0 Å². The van der Waals surface area contributed by atoms with Crippen LogP contribution in [0.25, 0.3) is 0 Å². The molecule has 0 heterocycles. The molecule has 2 aromatic rings. The van der Waals surface area contributed by atoms with Gasteiger partial charge in [0, 0.05) is 0 Å². The normalized spacial score (nSPS) is 8.36. The molecule has 0 bridgehead atoms. The molecule has 22 heavy (non-hydrogen) atoms. The van der Waals surface area contributed by atoms with Crippen LogP contribution >= 0.6 is 0 Å². The molecular formula is C14H12O7Zn. The number of hydrogen-bond donors (Lipinski definition) is 2. The number of hydrogen-bond acceptors (Lipinski definition) is 4. The molecule has 112 valence electrons. The SMILES string of the molecule is O.O=C(O)c1ccccc1[O-].O=C(O)c1ccccc1[O-].[Zn+2]. The van der Waals surface area contributed by atoms with E-state index in [4.69, 9.17) is 10.2 Å². The van der Waals surface area contributed by atoms with E-state index in [0.717, 1.165) is 0 Å². The second-order valence-corrected chi connectivity index (χ2v) is 3.60. The first-order valence-corrected chi connectivity index (χ1v) is 5.42. The van der Waals surface area contributed by atoms with Crippen LogP contribution in [0.3, 0.4) is 0 Å². The van der Waals surface area contributed by atoms with Crippen molar-refractivity contribution < 1.29 is 55.0 Å². The van der Waals surface area contributed by atoms with Gasteiger partial charge in [-0.3, -0.25) is 0 Å². The van der Waals surface area contributed by atoms with Gasteiger partial charge in [0.15, 0.2) is 0 Å². The summed E-state index contributed by atoms with van der Waals surface area (Å²) in [6, 6.07) is 11.1. The molecule has 0 unspecified atom stereocenters. The summed E-state index contributed by atoms with van der Waals surface area (Å²) >= 11 is 0. The molecule has 0 aliphatic heterocycles. The van der Waals surface area contributed by atoms with E-state index in [1.54, 1.807) is 0 Å². The van der Waals surface area contributed by atoms with Crippen molar-refractivity contribution >= 4 is 11.9 Å². The third-order valence-electron chi connectivity index (χ3n) is 2.23. The van der Waals surface area contributed by atoms with Crippen molar-refractivity contribution in [1.29, 1.82) is 0 Å². The van der Waals surface area contributed by atoms with Crippen molar-refractivity contribution in [3.63, 3.8) is 0 Å². The van der Waals surface area contributed by atoms with E-state index in [1.165, 1.54) is 48.5 Å². The zero-order chi connectivity index (χ0) is 15.1. The average Bonchev–Trinajstić information content (AvgIpc) is 2.40. The van der Waals surface area contributed by atoms with Gasteiger partial charge in [0.25, 0.3) is 0 Å². The van der Waals surface area contributed by atoms with Gasteiger partial charge in [0.1, 0.15) is 0 Å². The van der Waals surface area contributed by atoms with Crippen molar-refractivity contribution in [3.8, 4) is 11.5 Å². The first-order valence-electron chi connectivity index (χ1n) is 5.42. The summed E-state index contributed by atoms with van der Waals surface area (Å²) in [7, 11) is 0. The van der Waals surface area contributed by atoms with Crippen LogP contribution in [0.4, 0.5) is 0 Å². The van der Waals surface area contributed by atoms with Crippen molar-refractivity contribution in [2.24, 2.45) is 0 Å². The zero-order valence-electron chi connectivity index (χ0n) is 11.4. The van der Waals surface area contributed by atoms with E-state index in [1.807, 2.05) is 0 Å². The number of carboxylic acid groups (broad SMARTS) is 2. The second-order valence-electron chi connectivity index (χ2n) is 3.60. The van der Waals surface area contributed by atoms with Gasteiger partial charge in [-0.05, 0) is 12.1 Å².